The molecule has 0 saturated carbocycles. The Labute approximate surface area is 172 Å². The van der Waals surface area contributed by atoms with E-state index in [-0.39, 0.29) is 6.03 Å². The fourth-order valence-corrected chi connectivity index (χ4v) is 3.20. The number of methoxy groups -OCH3 is 1. The molecule has 0 aliphatic carbocycles. The monoisotopic (exact) mass is 389 g/mol. The molecule has 29 heavy (non-hydrogen) atoms. The highest BCUT2D eigenvalue weighted by Crippen LogP contribution is 2.17. The summed E-state index contributed by atoms with van der Waals surface area (Å²) < 4.78 is 7.33. The summed E-state index contributed by atoms with van der Waals surface area (Å²) in [4.78, 5) is 14.6. The molecule has 150 valence electrons. The summed E-state index contributed by atoms with van der Waals surface area (Å²) in [6, 6.07) is 19.6. The zero-order chi connectivity index (χ0) is 20.6. The summed E-state index contributed by atoms with van der Waals surface area (Å²) in [5, 5.41) is 2.94. The van der Waals surface area contributed by atoms with Crippen LogP contribution in [-0.4, -0.2) is 29.2 Å². The molecule has 5 nitrogen and oxygen atoms in total. The third-order valence-corrected chi connectivity index (χ3v) is 4.69. The molecule has 3 rings (SSSR count). The van der Waals surface area contributed by atoms with Gasteiger partial charge in [-0.25, -0.2) is 4.79 Å². The summed E-state index contributed by atoms with van der Waals surface area (Å²) in [6.07, 6.45) is 3.78. The van der Waals surface area contributed by atoms with Gasteiger partial charge in [0.05, 0.1) is 13.7 Å². The molecule has 0 saturated heterocycles. The zero-order valence-electron chi connectivity index (χ0n) is 17.0. The number of nitrogens with one attached hydrogen (secondary N) is 1. The van der Waals surface area contributed by atoms with Crippen LogP contribution in [0.1, 0.15) is 16.8 Å². The second-order valence-corrected chi connectivity index (χ2v) is 6.94. The van der Waals surface area contributed by atoms with Crippen molar-refractivity contribution in [3.63, 3.8) is 0 Å². The first-order chi connectivity index (χ1) is 14.1. The Morgan fingerprint density at radius 3 is 2.66 bits per heavy atom. The summed E-state index contributed by atoms with van der Waals surface area (Å²) in [6.45, 7) is 7.61. The first kappa shape index (κ1) is 20.3. The van der Waals surface area contributed by atoms with E-state index in [9.17, 15) is 4.79 Å². The number of hydrogen-bond donors (Lipinski definition) is 1. The number of rotatable bonds is 8. The van der Waals surface area contributed by atoms with E-state index in [0.717, 1.165) is 23.7 Å². The minimum absolute atomic E-state index is 0.168. The smallest absolute Gasteiger partial charge is 0.322 e. The highest BCUT2D eigenvalue weighted by Gasteiger charge is 2.15. The van der Waals surface area contributed by atoms with Gasteiger partial charge in [0.1, 0.15) is 5.75 Å². The number of anilines is 1. The number of ether oxygens (including phenoxy) is 1. The molecule has 2 aromatic carbocycles. The molecular formula is C24H27N3O2. The standard InChI is InChI=1S/C24H27N3O2/c1-4-14-27(24(28)25-21-10-12-23(29-3)13-11-21)18-22-9-6-15-26(22)17-20-8-5-7-19(2)16-20/h4-13,15-16H,1,14,17-18H2,2-3H3,(H,25,28). The van der Waals surface area contributed by atoms with Gasteiger partial charge in [-0.3, -0.25) is 0 Å². The number of aryl methyl sites for hydroxylation is 1. The average molecular weight is 389 g/mol. The van der Waals surface area contributed by atoms with Crippen molar-refractivity contribution >= 4 is 11.7 Å². The fourth-order valence-electron chi connectivity index (χ4n) is 3.20. The average Bonchev–Trinajstić information content (AvgIpc) is 3.15. The predicted molar refractivity (Wildman–Crippen MR) is 117 cm³/mol. The Hall–Kier alpha value is -3.47. The van der Waals surface area contributed by atoms with Crippen LogP contribution in [0, 0.1) is 6.92 Å². The Balaban J connectivity index is 1.70. The lowest BCUT2D eigenvalue weighted by molar-refractivity contribution is 0.214. The number of amides is 2. The third kappa shape index (κ3) is 5.51. The summed E-state index contributed by atoms with van der Waals surface area (Å²) in [5.74, 6) is 0.750. The van der Waals surface area contributed by atoms with Crippen LogP contribution in [-0.2, 0) is 13.1 Å². The Kier molecular flexibility index (Phi) is 6.74. The largest absolute Gasteiger partial charge is 0.497 e. The van der Waals surface area contributed by atoms with Crippen molar-refractivity contribution in [1.82, 2.24) is 9.47 Å². The Bertz CT molecular complexity index is 960. The minimum Gasteiger partial charge on any atom is -0.497 e. The summed E-state index contributed by atoms with van der Waals surface area (Å²) >= 11 is 0. The quantitative estimate of drug-likeness (QED) is 0.547. The molecule has 0 atom stereocenters. The number of nitrogens with zero attached hydrogens (tertiary/aromatic N) is 2. The van der Waals surface area contributed by atoms with E-state index in [0.29, 0.717) is 13.1 Å². The topological polar surface area (TPSA) is 46.5 Å². The van der Waals surface area contributed by atoms with Crippen LogP contribution in [0.4, 0.5) is 10.5 Å². The predicted octanol–water partition coefficient (Wildman–Crippen LogP) is 5.07. The number of benzene rings is 2. The maximum atomic E-state index is 12.8. The Morgan fingerprint density at radius 2 is 1.97 bits per heavy atom. The van der Waals surface area contributed by atoms with Crippen LogP contribution in [0.3, 0.4) is 0 Å². The molecule has 0 spiro atoms. The van der Waals surface area contributed by atoms with E-state index in [2.05, 4.69) is 47.7 Å². The molecule has 0 aliphatic heterocycles. The number of carbonyl (C=O) groups excluding carboxylic acids is 1. The lowest BCUT2D eigenvalue weighted by atomic mass is 10.1. The molecule has 1 N–H and O–H groups in total. The fraction of sp³-hybridized carbons (Fsp3) is 0.208. The van der Waals surface area contributed by atoms with Crippen LogP contribution >= 0.6 is 0 Å². The van der Waals surface area contributed by atoms with Gasteiger partial charge in [0, 0.05) is 30.7 Å². The first-order valence-corrected chi connectivity index (χ1v) is 9.59. The number of urea groups is 1. The maximum Gasteiger partial charge on any atom is 0.322 e. The van der Waals surface area contributed by atoms with Crippen molar-refractivity contribution in [1.29, 1.82) is 0 Å². The second kappa shape index (κ2) is 9.64. The molecule has 0 bridgehead atoms. The first-order valence-electron chi connectivity index (χ1n) is 9.59. The van der Waals surface area contributed by atoms with Gasteiger partial charge in [0.25, 0.3) is 0 Å². The lowest BCUT2D eigenvalue weighted by Crippen LogP contribution is -2.35. The molecule has 2 amide bonds. The van der Waals surface area contributed by atoms with Gasteiger partial charge < -0.3 is 19.5 Å². The van der Waals surface area contributed by atoms with Crippen LogP contribution in [0.25, 0.3) is 0 Å². The van der Waals surface area contributed by atoms with Gasteiger partial charge in [-0.1, -0.05) is 35.9 Å². The minimum atomic E-state index is -0.168. The van der Waals surface area contributed by atoms with Crippen molar-refractivity contribution in [3.8, 4) is 5.75 Å². The molecular weight excluding hydrogens is 362 g/mol. The highest BCUT2D eigenvalue weighted by atomic mass is 16.5. The van der Waals surface area contributed by atoms with E-state index in [1.807, 2.05) is 42.6 Å². The number of carbonyl (C=O) groups is 1. The second-order valence-electron chi connectivity index (χ2n) is 6.94. The van der Waals surface area contributed by atoms with Crippen LogP contribution in [0.5, 0.6) is 5.75 Å². The molecule has 1 aromatic heterocycles. The highest BCUT2D eigenvalue weighted by molar-refractivity contribution is 5.89. The Morgan fingerprint density at radius 1 is 1.17 bits per heavy atom. The maximum absolute atomic E-state index is 12.8. The summed E-state index contributed by atoms with van der Waals surface area (Å²) in [5.41, 5.74) is 4.27. The van der Waals surface area contributed by atoms with E-state index in [1.165, 1.54) is 11.1 Å². The number of hydrogen-bond acceptors (Lipinski definition) is 2. The van der Waals surface area contributed by atoms with Crippen LogP contribution < -0.4 is 10.1 Å². The van der Waals surface area contributed by atoms with E-state index < -0.39 is 0 Å². The van der Waals surface area contributed by atoms with Crippen LogP contribution in [0.15, 0.2) is 79.5 Å². The third-order valence-electron chi connectivity index (χ3n) is 4.69. The van der Waals surface area contributed by atoms with Crippen molar-refractivity contribution < 1.29 is 9.53 Å². The van der Waals surface area contributed by atoms with E-state index in [4.69, 9.17) is 4.74 Å². The van der Waals surface area contributed by atoms with E-state index in [1.54, 1.807) is 18.1 Å². The SMILES string of the molecule is C=CCN(Cc1cccn1Cc1cccc(C)c1)C(=O)Nc1ccc(OC)cc1. The lowest BCUT2D eigenvalue weighted by Gasteiger charge is -2.23. The van der Waals surface area contributed by atoms with Gasteiger partial charge >= 0.3 is 6.03 Å². The molecule has 5 heteroatoms. The van der Waals surface area contributed by atoms with Crippen molar-refractivity contribution in [2.75, 3.05) is 19.0 Å². The molecule has 0 fully saturated rings. The van der Waals surface area contributed by atoms with Crippen molar-refractivity contribution in [2.45, 2.75) is 20.0 Å². The van der Waals surface area contributed by atoms with Crippen molar-refractivity contribution in [3.05, 3.63) is 96.3 Å². The van der Waals surface area contributed by atoms with Gasteiger partial charge in [0.2, 0.25) is 0 Å². The van der Waals surface area contributed by atoms with Crippen molar-refractivity contribution in [2.24, 2.45) is 0 Å². The molecule has 0 unspecified atom stereocenters. The summed E-state index contributed by atoms with van der Waals surface area (Å²) in [7, 11) is 1.62. The van der Waals surface area contributed by atoms with E-state index >= 15 is 0 Å². The molecule has 1 heterocycles. The number of aromatic nitrogens is 1. The van der Waals surface area contributed by atoms with Gasteiger partial charge in [0.15, 0.2) is 0 Å². The normalized spacial score (nSPS) is 10.4. The van der Waals surface area contributed by atoms with Gasteiger partial charge in [-0.2, -0.15) is 0 Å². The zero-order valence-corrected chi connectivity index (χ0v) is 17.0. The van der Waals surface area contributed by atoms with Gasteiger partial charge in [-0.15, -0.1) is 6.58 Å². The molecule has 0 aliphatic rings. The molecule has 3 aromatic rings. The van der Waals surface area contributed by atoms with Crippen LogP contribution in [0.2, 0.25) is 0 Å². The van der Waals surface area contributed by atoms with Gasteiger partial charge in [-0.05, 0) is 48.9 Å². The molecule has 0 radical (unpaired) electrons.